The standard InChI is InChI=1S/C19H17N4O4/c20-16(25)19-10-2-4-12-22(19)18(27)23(17(19)26)14-8-6-13(7-9-14)21-11-3-1-5-15(21)24/h1,3,5-11H,2,4,12H2,(H2,20,25)/t19-/m0/s1. The molecular formula is C19H17N4O4. The summed E-state index contributed by atoms with van der Waals surface area (Å²) < 4.78 is 1.44. The number of benzene rings is 1. The van der Waals surface area contributed by atoms with Crippen molar-refractivity contribution in [2.75, 3.05) is 11.4 Å². The molecule has 8 nitrogen and oxygen atoms in total. The van der Waals surface area contributed by atoms with E-state index in [1.54, 1.807) is 42.6 Å². The van der Waals surface area contributed by atoms with Gasteiger partial charge >= 0.3 is 6.03 Å². The first-order valence-electron chi connectivity index (χ1n) is 8.55. The summed E-state index contributed by atoms with van der Waals surface area (Å²) in [6.45, 7) is 0.290. The van der Waals surface area contributed by atoms with Gasteiger partial charge < -0.3 is 10.6 Å². The summed E-state index contributed by atoms with van der Waals surface area (Å²) in [5.41, 5.74) is 4.50. The van der Waals surface area contributed by atoms with Crippen molar-refractivity contribution < 1.29 is 14.4 Å². The number of primary amides is 1. The summed E-state index contributed by atoms with van der Waals surface area (Å²) in [5, 5.41) is 0. The van der Waals surface area contributed by atoms with E-state index >= 15 is 0 Å². The molecule has 0 saturated carbocycles. The molecule has 4 rings (SSSR count). The van der Waals surface area contributed by atoms with Gasteiger partial charge in [0.2, 0.25) is 5.54 Å². The number of imide groups is 1. The van der Waals surface area contributed by atoms with E-state index in [0.717, 1.165) is 4.90 Å². The van der Waals surface area contributed by atoms with E-state index < -0.39 is 23.4 Å². The van der Waals surface area contributed by atoms with Crippen molar-refractivity contribution in [3.8, 4) is 5.69 Å². The number of amides is 4. The molecule has 8 heteroatoms. The zero-order valence-electron chi connectivity index (χ0n) is 14.4. The molecule has 0 bridgehead atoms. The summed E-state index contributed by atoms with van der Waals surface area (Å²) in [6.07, 6.45) is 4.34. The van der Waals surface area contributed by atoms with Crippen molar-refractivity contribution in [1.82, 2.24) is 9.47 Å². The molecule has 3 heterocycles. The number of rotatable bonds is 3. The molecule has 2 saturated heterocycles. The third kappa shape index (κ3) is 2.37. The fraction of sp³-hybridized carbons (Fsp3) is 0.211. The van der Waals surface area contributed by atoms with Crippen LogP contribution in [0.4, 0.5) is 10.5 Å². The average Bonchev–Trinajstić information content (AvgIpc) is 2.91. The van der Waals surface area contributed by atoms with Crippen molar-refractivity contribution in [1.29, 1.82) is 0 Å². The maximum absolute atomic E-state index is 13.0. The number of carbonyl (C=O) groups is 3. The molecule has 0 aliphatic carbocycles. The lowest BCUT2D eigenvalue weighted by Crippen LogP contribution is -2.61. The number of nitrogens with zero attached hydrogens (tertiary/aromatic N) is 3. The summed E-state index contributed by atoms with van der Waals surface area (Å²) in [6, 6.07) is 10.6. The Morgan fingerprint density at radius 2 is 1.70 bits per heavy atom. The van der Waals surface area contributed by atoms with Crippen LogP contribution < -0.4 is 16.2 Å². The zero-order chi connectivity index (χ0) is 19.2. The van der Waals surface area contributed by atoms with Gasteiger partial charge in [0.05, 0.1) is 5.69 Å². The van der Waals surface area contributed by atoms with Crippen molar-refractivity contribution in [3.63, 3.8) is 0 Å². The molecule has 137 valence electrons. The van der Waals surface area contributed by atoms with Gasteiger partial charge in [0.25, 0.3) is 17.4 Å². The maximum Gasteiger partial charge on any atom is 0.332 e. The number of nitrogens with two attached hydrogens (primary N) is 1. The SMILES string of the molecule is NC(=O)[C@]12[CH]CCCN1C(=O)N(c1ccc(-n3ccccc3=O)cc1)C2=O. The highest BCUT2D eigenvalue weighted by Crippen LogP contribution is 2.38. The summed E-state index contributed by atoms with van der Waals surface area (Å²) in [7, 11) is 0. The Morgan fingerprint density at radius 3 is 2.33 bits per heavy atom. The molecule has 2 aliphatic rings. The van der Waals surface area contributed by atoms with Crippen molar-refractivity contribution in [2.24, 2.45) is 5.73 Å². The smallest absolute Gasteiger partial charge is 0.332 e. The van der Waals surface area contributed by atoms with Gasteiger partial charge in [0.1, 0.15) is 0 Å². The Kier molecular flexibility index (Phi) is 3.83. The molecule has 1 aromatic heterocycles. The molecule has 2 aromatic rings. The summed E-state index contributed by atoms with van der Waals surface area (Å²) >= 11 is 0. The number of hydrogen-bond donors (Lipinski definition) is 1. The van der Waals surface area contributed by atoms with Gasteiger partial charge in [-0.2, -0.15) is 0 Å². The summed E-state index contributed by atoms with van der Waals surface area (Å²) in [5.74, 6) is -1.51. The minimum Gasteiger partial charge on any atom is -0.367 e. The van der Waals surface area contributed by atoms with E-state index in [9.17, 15) is 19.2 Å². The maximum atomic E-state index is 13.0. The average molecular weight is 365 g/mol. The van der Waals surface area contributed by atoms with Crippen LogP contribution in [0.25, 0.3) is 5.69 Å². The van der Waals surface area contributed by atoms with Gasteiger partial charge in [-0.3, -0.25) is 19.0 Å². The quantitative estimate of drug-likeness (QED) is 0.642. The Balaban J connectivity index is 1.72. The van der Waals surface area contributed by atoms with Crippen LogP contribution in [-0.2, 0) is 9.59 Å². The third-order valence-corrected chi connectivity index (χ3v) is 4.99. The number of urea groups is 1. The van der Waals surface area contributed by atoms with E-state index in [1.165, 1.54) is 22.0 Å². The van der Waals surface area contributed by atoms with E-state index in [0.29, 0.717) is 24.2 Å². The first kappa shape index (κ1) is 17.0. The molecule has 2 aliphatic heterocycles. The fourth-order valence-electron chi connectivity index (χ4n) is 3.64. The molecule has 0 unspecified atom stereocenters. The largest absolute Gasteiger partial charge is 0.367 e. The number of pyridine rings is 1. The van der Waals surface area contributed by atoms with Gasteiger partial charge in [-0.1, -0.05) is 6.07 Å². The number of fused-ring (bicyclic) bond motifs is 1. The van der Waals surface area contributed by atoms with Crippen molar-refractivity contribution >= 4 is 23.5 Å². The molecule has 4 amide bonds. The van der Waals surface area contributed by atoms with Gasteiger partial charge in [0.15, 0.2) is 0 Å². The summed E-state index contributed by atoms with van der Waals surface area (Å²) in [4.78, 5) is 52.0. The molecule has 1 radical (unpaired) electrons. The van der Waals surface area contributed by atoms with Crippen LogP contribution in [0.5, 0.6) is 0 Å². The van der Waals surface area contributed by atoms with Crippen LogP contribution in [0.15, 0.2) is 53.5 Å². The second-order valence-electron chi connectivity index (χ2n) is 6.48. The van der Waals surface area contributed by atoms with Crippen LogP contribution >= 0.6 is 0 Å². The first-order chi connectivity index (χ1) is 13.0. The Bertz CT molecular complexity index is 997. The molecule has 1 atom stereocenters. The van der Waals surface area contributed by atoms with Crippen LogP contribution in [-0.4, -0.2) is 39.4 Å². The van der Waals surface area contributed by atoms with Crippen molar-refractivity contribution in [2.45, 2.75) is 18.4 Å². The Labute approximate surface area is 154 Å². The normalized spacial score (nSPS) is 22.1. The molecule has 27 heavy (non-hydrogen) atoms. The number of hydrogen-bond acceptors (Lipinski definition) is 4. The fourth-order valence-corrected chi connectivity index (χ4v) is 3.64. The number of anilines is 1. The predicted molar refractivity (Wildman–Crippen MR) is 97.1 cm³/mol. The Morgan fingerprint density at radius 1 is 1.00 bits per heavy atom. The lowest BCUT2D eigenvalue weighted by atomic mass is 9.86. The minimum absolute atomic E-state index is 0.196. The van der Waals surface area contributed by atoms with Gasteiger partial charge in [-0.25, -0.2) is 9.69 Å². The lowest BCUT2D eigenvalue weighted by Gasteiger charge is -2.35. The van der Waals surface area contributed by atoms with Gasteiger partial charge in [-0.05, 0) is 43.2 Å². The molecule has 1 aromatic carbocycles. The molecule has 2 N–H and O–H groups in total. The monoisotopic (exact) mass is 365 g/mol. The second kappa shape index (κ2) is 6.08. The van der Waals surface area contributed by atoms with E-state index in [1.807, 2.05) is 0 Å². The van der Waals surface area contributed by atoms with E-state index in [4.69, 9.17) is 5.73 Å². The Hall–Kier alpha value is -3.42. The van der Waals surface area contributed by atoms with E-state index in [2.05, 4.69) is 0 Å². The second-order valence-corrected chi connectivity index (χ2v) is 6.48. The third-order valence-electron chi connectivity index (χ3n) is 4.99. The van der Waals surface area contributed by atoms with E-state index in [-0.39, 0.29) is 12.1 Å². The highest BCUT2D eigenvalue weighted by atomic mass is 16.2. The minimum atomic E-state index is -1.72. The highest BCUT2D eigenvalue weighted by Gasteiger charge is 2.62. The molecule has 2 fully saturated rings. The zero-order valence-corrected chi connectivity index (χ0v) is 14.4. The van der Waals surface area contributed by atoms with Crippen LogP contribution in [0.3, 0.4) is 0 Å². The van der Waals surface area contributed by atoms with Crippen LogP contribution in [0.1, 0.15) is 12.8 Å². The number of aromatic nitrogens is 1. The topological polar surface area (TPSA) is 106 Å². The van der Waals surface area contributed by atoms with Gasteiger partial charge in [0, 0.05) is 30.9 Å². The van der Waals surface area contributed by atoms with Gasteiger partial charge in [-0.15, -0.1) is 0 Å². The predicted octanol–water partition coefficient (Wildman–Crippen LogP) is 0.828. The van der Waals surface area contributed by atoms with Crippen molar-refractivity contribution in [3.05, 3.63) is 65.4 Å². The number of carbonyl (C=O) groups excluding carboxylic acids is 3. The van der Waals surface area contributed by atoms with Crippen LogP contribution in [0, 0.1) is 6.42 Å². The lowest BCUT2D eigenvalue weighted by molar-refractivity contribution is -0.136. The molecule has 0 spiro atoms. The molecular weight excluding hydrogens is 348 g/mol. The van der Waals surface area contributed by atoms with Crippen LogP contribution in [0.2, 0.25) is 0 Å². The number of piperidine rings is 1. The highest BCUT2D eigenvalue weighted by molar-refractivity contribution is 6.31. The first-order valence-corrected chi connectivity index (χ1v) is 8.55.